The summed E-state index contributed by atoms with van der Waals surface area (Å²) in [5, 5.41) is 21.1. The van der Waals surface area contributed by atoms with E-state index < -0.39 is 38.8 Å². The van der Waals surface area contributed by atoms with E-state index in [1.54, 1.807) is 6.92 Å². The molecule has 1 aromatic rings. The van der Waals surface area contributed by atoms with E-state index >= 15 is 0 Å². The molecule has 0 radical (unpaired) electrons. The second-order valence-electron chi connectivity index (χ2n) is 9.32. The van der Waals surface area contributed by atoms with Crippen molar-refractivity contribution in [3.05, 3.63) is 35.9 Å². The lowest BCUT2D eigenvalue weighted by Crippen LogP contribution is -2.67. The van der Waals surface area contributed by atoms with Crippen LogP contribution in [0.15, 0.2) is 30.3 Å². The summed E-state index contributed by atoms with van der Waals surface area (Å²) in [5.41, 5.74) is 1.01. The molecular formula is C22H37NO6Si. The van der Waals surface area contributed by atoms with Crippen molar-refractivity contribution in [2.75, 3.05) is 19.8 Å². The lowest BCUT2D eigenvalue weighted by Gasteiger charge is -2.49. The van der Waals surface area contributed by atoms with Crippen LogP contribution in [0.2, 0.25) is 18.1 Å². The summed E-state index contributed by atoms with van der Waals surface area (Å²) in [7, 11) is -2.30. The molecule has 1 aliphatic rings. The molecule has 1 aromatic carbocycles. The van der Waals surface area contributed by atoms with Gasteiger partial charge in [0.15, 0.2) is 8.32 Å². The number of piperidine rings is 1. The zero-order chi connectivity index (χ0) is 22.5. The summed E-state index contributed by atoms with van der Waals surface area (Å²) in [4.78, 5) is 14.0. The Hall–Kier alpha value is -1.45. The topological polar surface area (TPSA) is 88.5 Å². The van der Waals surface area contributed by atoms with Gasteiger partial charge in [-0.2, -0.15) is 0 Å². The third-order valence-corrected chi connectivity index (χ3v) is 10.5. The van der Waals surface area contributed by atoms with Crippen LogP contribution in [0.25, 0.3) is 0 Å². The summed E-state index contributed by atoms with van der Waals surface area (Å²) in [6.45, 7) is 12.9. The van der Waals surface area contributed by atoms with Crippen LogP contribution >= 0.6 is 0 Å². The molecule has 1 fully saturated rings. The van der Waals surface area contributed by atoms with Gasteiger partial charge in [-0.05, 0) is 30.6 Å². The van der Waals surface area contributed by atoms with Gasteiger partial charge >= 0.3 is 6.09 Å². The monoisotopic (exact) mass is 439 g/mol. The summed E-state index contributed by atoms with van der Waals surface area (Å²) >= 11 is 0. The van der Waals surface area contributed by atoms with Crippen molar-refractivity contribution in [1.82, 2.24) is 4.90 Å². The molecule has 1 heterocycles. The molecule has 170 valence electrons. The molecule has 0 aromatic heterocycles. The maximum Gasteiger partial charge on any atom is 0.410 e. The fourth-order valence-electron chi connectivity index (χ4n) is 3.21. The van der Waals surface area contributed by atoms with Gasteiger partial charge in [0.1, 0.15) is 12.2 Å². The van der Waals surface area contributed by atoms with Gasteiger partial charge in [-0.3, -0.25) is 4.90 Å². The summed E-state index contributed by atoms with van der Waals surface area (Å²) in [6.07, 6.45) is -3.54. The van der Waals surface area contributed by atoms with Gasteiger partial charge in [0.05, 0.1) is 38.5 Å². The molecule has 8 heteroatoms. The molecule has 2 rings (SSSR count). The van der Waals surface area contributed by atoms with E-state index in [1.807, 2.05) is 30.3 Å². The highest BCUT2D eigenvalue weighted by Crippen LogP contribution is 2.39. The van der Waals surface area contributed by atoms with E-state index in [0.29, 0.717) is 6.61 Å². The van der Waals surface area contributed by atoms with Crippen LogP contribution in [-0.4, -0.2) is 73.6 Å². The smallest absolute Gasteiger partial charge is 0.410 e. The van der Waals surface area contributed by atoms with Gasteiger partial charge < -0.3 is 24.1 Å². The van der Waals surface area contributed by atoms with Gasteiger partial charge in [-0.25, -0.2) is 4.79 Å². The third-order valence-electron chi connectivity index (χ3n) is 6.03. The normalized spacial score (nSPS) is 25.3. The van der Waals surface area contributed by atoms with Crippen molar-refractivity contribution in [1.29, 1.82) is 0 Å². The largest absolute Gasteiger partial charge is 0.450 e. The summed E-state index contributed by atoms with van der Waals surface area (Å²) in [5.74, 6) is 0. The van der Waals surface area contributed by atoms with Gasteiger partial charge in [0.2, 0.25) is 0 Å². The number of amides is 1. The first kappa shape index (κ1) is 24.8. The predicted octanol–water partition coefficient (Wildman–Crippen LogP) is 3.16. The third kappa shape index (κ3) is 6.04. The number of aliphatic hydroxyl groups excluding tert-OH is 2. The van der Waals surface area contributed by atoms with Crippen molar-refractivity contribution >= 4 is 14.4 Å². The number of nitrogens with zero attached hydrogens (tertiary/aromatic N) is 1. The minimum absolute atomic E-state index is 0.0310. The minimum Gasteiger partial charge on any atom is -0.450 e. The zero-order valence-corrected chi connectivity index (χ0v) is 20.0. The van der Waals surface area contributed by atoms with Crippen LogP contribution in [0.4, 0.5) is 4.79 Å². The fraction of sp³-hybridized carbons (Fsp3) is 0.682. The molecule has 0 spiro atoms. The van der Waals surface area contributed by atoms with Crippen LogP contribution in [0.5, 0.6) is 0 Å². The lowest BCUT2D eigenvalue weighted by atomic mass is 9.94. The van der Waals surface area contributed by atoms with Crippen molar-refractivity contribution in [2.45, 2.75) is 76.8 Å². The number of carbonyl (C=O) groups excluding carboxylic acids is 1. The quantitative estimate of drug-likeness (QED) is 0.635. The molecule has 0 bridgehead atoms. The Morgan fingerprint density at radius 1 is 1.20 bits per heavy atom. The van der Waals surface area contributed by atoms with Gasteiger partial charge in [-0.15, -0.1) is 0 Å². The molecule has 0 unspecified atom stereocenters. The average molecular weight is 440 g/mol. The highest BCUT2D eigenvalue weighted by molar-refractivity contribution is 6.74. The maximum atomic E-state index is 12.6. The van der Waals surface area contributed by atoms with E-state index in [4.69, 9.17) is 13.9 Å². The Kier molecular flexibility index (Phi) is 8.47. The van der Waals surface area contributed by atoms with Gasteiger partial charge in [0.25, 0.3) is 0 Å². The van der Waals surface area contributed by atoms with Gasteiger partial charge in [-0.1, -0.05) is 51.1 Å². The number of benzene rings is 1. The van der Waals surface area contributed by atoms with Crippen molar-refractivity contribution < 1.29 is 28.9 Å². The average Bonchev–Trinajstić information content (AvgIpc) is 2.67. The first-order valence-corrected chi connectivity index (χ1v) is 13.5. The Morgan fingerprint density at radius 2 is 1.83 bits per heavy atom. The maximum absolute atomic E-state index is 12.6. The summed E-state index contributed by atoms with van der Waals surface area (Å²) < 4.78 is 17.6. The molecule has 7 nitrogen and oxygen atoms in total. The lowest BCUT2D eigenvalue weighted by molar-refractivity contribution is -0.138. The zero-order valence-electron chi connectivity index (χ0n) is 19.0. The number of ether oxygens (including phenoxy) is 2. The molecule has 0 aliphatic carbocycles. The SMILES string of the molecule is CCOC(=O)N1C[C@H](O)[C@H](O)[C@@H](O[Si](C)(C)C(C)(C)C)[C@H]1COCc1ccccc1. The van der Waals surface area contributed by atoms with Crippen LogP contribution in [0.3, 0.4) is 0 Å². The van der Waals surface area contributed by atoms with Crippen molar-refractivity contribution in [3.63, 3.8) is 0 Å². The van der Waals surface area contributed by atoms with E-state index in [1.165, 1.54) is 4.90 Å². The Labute approximate surface area is 181 Å². The van der Waals surface area contributed by atoms with E-state index in [9.17, 15) is 15.0 Å². The molecule has 30 heavy (non-hydrogen) atoms. The standard InChI is InChI=1S/C22H37NO6Si/c1-7-28-21(26)23-13-18(24)19(25)20(29-30(5,6)22(2,3)4)17(23)15-27-14-16-11-9-8-10-12-16/h8-12,17-20,24-25H,7,13-15H2,1-6H3/t17-,18+,19+,20+/m1/s1. The van der Waals surface area contributed by atoms with Crippen LogP contribution in [0, 0.1) is 0 Å². The van der Waals surface area contributed by atoms with E-state index in [2.05, 4.69) is 33.9 Å². The molecule has 1 aliphatic heterocycles. The number of carbonyl (C=O) groups is 1. The Bertz CT molecular complexity index is 678. The molecular weight excluding hydrogens is 402 g/mol. The number of likely N-dealkylation sites (tertiary alicyclic amines) is 1. The molecule has 1 saturated heterocycles. The highest BCUT2D eigenvalue weighted by Gasteiger charge is 2.50. The number of β-amino-alcohol motifs (C(OH)–C–C–N with tert-alkyl or cyclic N) is 1. The Balaban J connectivity index is 2.25. The van der Waals surface area contributed by atoms with E-state index in [-0.39, 0.29) is 24.8 Å². The molecule has 4 atom stereocenters. The van der Waals surface area contributed by atoms with Crippen molar-refractivity contribution in [2.24, 2.45) is 0 Å². The number of aliphatic hydroxyl groups is 2. The number of rotatable bonds is 7. The minimum atomic E-state index is -2.30. The molecule has 2 N–H and O–H groups in total. The fourth-order valence-corrected chi connectivity index (χ4v) is 4.54. The van der Waals surface area contributed by atoms with Crippen molar-refractivity contribution in [3.8, 4) is 0 Å². The first-order valence-electron chi connectivity index (χ1n) is 10.6. The first-order chi connectivity index (χ1) is 14.0. The number of hydrogen-bond acceptors (Lipinski definition) is 6. The predicted molar refractivity (Wildman–Crippen MR) is 118 cm³/mol. The second kappa shape index (κ2) is 10.2. The molecule has 1 amide bonds. The van der Waals surface area contributed by atoms with Crippen LogP contribution in [0.1, 0.15) is 33.3 Å². The summed E-state index contributed by atoms with van der Waals surface area (Å²) in [6, 6.07) is 9.17. The number of hydrogen-bond donors (Lipinski definition) is 2. The Morgan fingerprint density at radius 3 is 2.40 bits per heavy atom. The highest BCUT2D eigenvalue weighted by atomic mass is 28.4. The van der Waals surface area contributed by atoms with E-state index in [0.717, 1.165) is 5.56 Å². The van der Waals surface area contributed by atoms with Crippen LogP contribution in [-0.2, 0) is 20.5 Å². The second-order valence-corrected chi connectivity index (χ2v) is 14.1. The van der Waals surface area contributed by atoms with Crippen LogP contribution < -0.4 is 0 Å². The molecule has 0 saturated carbocycles. The van der Waals surface area contributed by atoms with Gasteiger partial charge in [0, 0.05) is 0 Å².